The van der Waals surface area contributed by atoms with Crippen molar-refractivity contribution in [3.63, 3.8) is 0 Å². The average molecular weight is 226 g/mol. The zero-order valence-corrected chi connectivity index (χ0v) is 10.1. The summed E-state index contributed by atoms with van der Waals surface area (Å²) in [6, 6.07) is 0.506. The summed E-state index contributed by atoms with van der Waals surface area (Å²) in [6.45, 7) is 6.20. The molecule has 2 fully saturated rings. The molecule has 2 atom stereocenters. The lowest BCUT2D eigenvalue weighted by Crippen LogP contribution is -2.43. The summed E-state index contributed by atoms with van der Waals surface area (Å²) in [4.78, 5) is 14.2. The number of carbonyl (C=O) groups is 1. The summed E-state index contributed by atoms with van der Waals surface area (Å²) < 4.78 is 5.28. The van der Waals surface area contributed by atoms with Crippen LogP contribution in [0.2, 0.25) is 0 Å². The Morgan fingerprint density at radius 1 is 1.50 bits per heavy atom. The summed E-state index contributed by atoms with van der Waals surface area (Å²) in [7, 11) is 0. The first-order valence-electron chi connectivity index (χ1n) is 6.41. The summed E-state index contributed by atoms with van der Waals surface area (Å²) >= 11 is 0. The Balaban J connectivity index is 1.84. The van der Waals surface area contributed by atoms with Gasteiger partial charge in [-0.3, -0.25) is 4.79 Å². The molecule has 1 N–H and O–H groups in total. The van der Waals surface area contributed by atoms with Crippen LogP contribution in [0.3, 0.4) is 0 Å². The van der Waals surface area contributed by atoms with Gasteiger partial charge < -0.3 is 15.0 Å². The first-order chi connectivity index (χ1) is 7.81. The van der Waals surface area contributed by atoms with Crippen LogP contribution in [0.1, 0.15) is 26.2 Å². The second-order valence-corrected chi connectivity index (χ2v) is 4.73. The molecular weight excluding hydrogens is 204 g/mol. The molecule has 0 aromatic heterocycles. The highest BCUT2D eigenvalue weighted by molar-refractivity contribution is 5.79. The molecule has 2 aliphatic heterocycles. The number of carbonyl (C=O) groups excluding carboxylic acids is 1. The van der Waals surface area contributed by atoms with E-state index in [0.29, 0.717) is 12.6 Å². The van der Waals surface area contributed by atoms with Crippen molar-refractivity contribution < 1.29 is 9.53 Å². The Bertz CT molecular complexity index is 233. The lowest BCUT2D eigenvalue weighted by Gasteiger charge is -2.26. The minimum absolute atomic E-state index is 0.112. The van der Waals surface area contributed by atoms with E-state index < -0.39 is 0 Å². The Labute approximate surface area is 97.3 Å². The minimum Gasteiger partial charge on any atom is -0.381 e. The molecule has 0 spiro atoms. The Morgan fingerprint density at radius 3 is 2.94 bits per heavy atom. The van der Waals surface area contributed by atoms with E-state index in [1.165, 1.54) is 12.8 Å². The van der Waals surface area contributed by atoms with Gasteiger partial charge in [0, 0.05) is 25.7 Å². The highest BCUT2D eigenvalue weighted by Crippen LogP contribution is 2.16. The van der Waals surface area contributed by atoms with E-state index in [1.807, 2.05) is 4.90 Å². The normalized spacial score (nSPS) is 29.6. The van der Waals surface area contributed by atoms with Crippen LogP contribution in [-0.2, 0) is 9.53 Å². The molecule has 2 aliphatic rings. The van der Waals surface area contributed by atoms with Crippen molar-refractivity contribution in [2.75, 3.05) is 32.8 Å². The lowest BCUT2D eigenvalue weighted by molar-refractivity contribution is -0.135. The van der Waals surface area contributed by atoms with Gasteiger partial charge in [0.25, 0.3) is 0 Å². The van der Waals surface area contributed by atoms with Gasteiger partial charge in [-0.15, -0.1) is 0 Å². The van der Waals surface area contributed by atoms with E-state index in [1.54, 1.807) is 0 Å². The molecule has 2 saturated heterocycles. The SMILES string of the molecule is CCN(CC1CCCN1)C(=O)C1CCOC1. The lowest BCUT2D eigenvalue weighted by atomic mass is 10.1. The fraction of sp³-hybridized carbons (Fsp3) is 0.917. The molecule has 2 rings (SSSR count). The third kappa shape index (κ3) is 2.74. The summed E-state index contributed by atoms with van der Waals surface area (Å²) in [6.07, 6.45) is 3.33. The fourth-order valence-corrected chi connectivity index (χ4v) is 2.54. The number of ether oxygens (including phenoxy) is 1. The van der Waals surface area contributed by atoms with Gasteiger partial charge >= 0.3 is 0 Å². The van der Waals surface area contributed by atoms with E-state index in [-0.39, 0.29) is 11.8 Å². The molecule has 2 unspecified atom stereocenters. The highest BCUT2D eigenvalue weighted by Gasteiger charge is 2.29. The smallest absolute Gasteiger partial charge is 0.228 e. The molecule has 0 aromatic rings. The number of amides is 1. The first kappa shape index (κ1) is 11.9. The predicted octanol–water partition coefficient (Wildman–Crippen LogP) is 0.623. The van der Waals surface area contributed by atoms with Gasteiger partial charge in [0.05, 0.1) is 12.5 Å². The number of hydrogen-bond donors (Lipinski definition) is 1. The summed E-state index contributed by atoms with van der Waals surface area (Å²) in [5, 5.41) is 3.44. The van der Waals surface area contributed by atoms with Crippen LogP contribution in [0.4, 0.5) is 0 Å². The van der Waals surface area contributed by atoms with E-state index in [4.69, 9.17) is 4.74 Å². The number of rotatable bonds is 4. The number of hydrogen-bond acceptors (Lipinski definition) is 3. The Hall–Kier alpha value is -0.610. The molecule has 0 aromatic carbocycles. The van der Waals surface area contributed by atoms with Crippen LogP contribution in [0.25, 0.3) is 0 Å². The molecule has 0 saturated carbocycles. The van der Waals surface area contributed by atoms with Gasteiger partial charge in [-0.25, -0.2) is 0 Å². The molecule has 0 bridgehead atoms. The van der Waals surface area contributed by atoms with Gasteiger partial charge in [0.1, 0.15) is 0 Å². The maximum atomic E-state index is 12.2. The monoisotopic (exact) mass is 226 g/mol. The zero-order valence-electron chi connectivity index (χ0n) is 10.1. The van der Waals surface area contributed by atoms with Gasteiger partial charge in [0.15, 0.2) is 0 Å². The summed E-state index contributed by atoms with van der Waals surface area (Å²) in [5.41, 5.74) is 0. The minimum atomic E-state index is 0.112. The van der Waals surface area contributed by atoms with Crippen molar-refractivity contribution in [1.29, 1.82) is 0 Å². The quantitative estimate of drug-likeness (QED) is 0.764. The van der Waals surface area contributed by atoms with Gasteiger partial charge in [-0.2, -0.15) is 0 Å². The van der Waals surface area contributed by atoms with Crippen molar-refractivity contribution >= 4 is 5.91 Å². The van der Waals surface area contributed by atoms with E-state index in [0.717, 1.165) is 32.7 Å². The molecule has 1 amide bonds. The third-order valence-corrected chi connectivity index (χ3v) is 3.58. The van der Waals surface area contributed by atoms with E-state index in [2.05, 4.69) is 12.2 Å². The first-order valence-corrected chi connectivity index (χ1v) is 6.41. The second kappa shape index (κ2) is 5.64. The number of nitrogens with one attached hydrogen (secondary N) is 1. The van der Waals surface area contributed by atoms with Crippen LogP contribution in [-0.4, -0.2) is 49.7 Å². The maximum Gasteiger partial charge on any atom is 0.228 e. The summed E-state index contributed by atoms with van der Waals surface area (Å²) in [5.74, 6) is 0.398. The van der Waals surface area contributed by atoms with Gasteiger partial charge in [0.2, 0.25) is 5.91 Å². The molecule has 0 radical (unpaired) electrons. The van der Waals surface area contributed by atoms with Crippen LogP contribution < -0.4 is 5.32 Å². The largest absolute Gasteiger partial charge is 0.381 e. The van der Waals surface area contributed by atoms with Crippen LogP contribution in [0.5, 0.6) is 0 Å². The zero-order chi connectivity index (χ0) is 11.4. The van der Waals surface area contributed by atoms with Crippen LogP contribution in [0, 0.1) is 5.92 Å². The van der Waals surface area contributed by atoms with Crippen molar-refractivity contribution in [1.82, 2.24) is 10.2 Å². The topological polar surface area (TPSA) is 41.6 Å². The second-order valence-electron chi connectivity index (χ2n) is 4.73. The van der Waals surface area contributed by atoms with Crippen LogP contribution >= 0.6 is 0 Å². The predicted molar refractivity (Wildman–Crippen MR) is 62.2 cm³/mol. The Kier molecular flexibility index (Phi) is 4.18. The number of likely N-dealkylation sites (N-methyl/N-ethyl adjacent to an activating group) is 1. The standard InChI is InChI=1S/C12H22N2O2/c1-2-14(8-11-4-3-6-13-11)12(15)10-5-7-16-9-10/h10-11,13H,2-9H2,1H3. The fourth-order valence-electron chi connectivity index (χ4n) is 2.54. The van der Waals surface area contributed by atoms with Gasteiger partial charge in [-0.05, 0) is 32.7 Å². The van der Waals surface area contributed by atoms with Crippen molar-refractivity contribution in [2.24, 2.45) is 5.92 Å². The molecule has 4 nitrogen and oxygen atoms in total. The highest BCUT2D eigenvalue weighted by atomic mass is 16.5. The van der Waals surface area contributed by atoms with Gasteiger partial charge in [-0.1, -0.05) is 0 Å². The van der Waals surface area contributed by atoms with Crippen molar-refractivity contribution in [3.05, 3.63) is 0 Å². The van der Waals surface area contributed by atoms with E-state index in [9.17, 15) is 4.79 Å². The molecule has 0 aliphatic carbocycles. The van der Waals surface area contributed by atoms with Crippen molar-refractivity contribution in [3.8, 4) is 0 Å². The van der Waals surface area contributed by atoms with Crippen molar-refractivity contribution in [2.45, 2.75) is 32.2 Å². The van der Waals surface area contributed by atoms with E-state index >= 15 is 0 Å². The molecular formula is C12H22N2O2. The molecule has 4 heteroatoms. The Morgan fingerprint density at radius 2 is 2.38 bits per heavy atom. The third-order valence-electron chi connectivity index (χ3n) is 3.58. The average Bonchev–Trinajstić information content (AvgIpc) is 2.97. The number of nitrogens with zero attached hydrogens (tertiary/aromatic N) is 1. The molecule has 92 valence electrons. The van der Waals surface area contributed by atoms with Crippen LogP contribution in [0.15, 0.2) is 0 Å². The molecule has 16 heavy (non-hydrogen) atoms. The molecule has 2 heterocycles. The maximum absolute atomic E-state index is 12.2.